The van der Waals surface area contributed by atoms with Crippen molar-refractivity contribution in [2.24, 2.45) is 0 Å². The SMILES string of the molecule is COc1ccc(C2(O)OC(=O)C(C3=COCO3)=C2Cc2ccccc2OC)cc1. The minimum atomic E-state index is -1.97. The molecule has 0 saturated heterocycles. The molecule has 0 radical (unpaired) electrons. The van der Waals surface area contributed by atoms with Crippen molar-refractivity contribution in [1.82, 2.24) is 0 Å². The second-order valence-corrected chi connectivity index (χ2v) is 6.52. The van der Waals surface area contributed by atoms with Crippen molar-refractivity contribution in [1.29, 1.82) is 0 Å². The largest absolute Gasteiger partial charge is 0.497 e. The summed E-state index contributed by atoms with van der Waals surface area (Å²) in [6.07, 6.45) is 1.55. The van der Waals surface area contributed by atoms with Crippen LogP contribution in [-0.2, 0) is 31.2 Å². The Morgan fingerprint density at radius 3 is 2.48 bits per heavy atom. The van der Waals surface area contributed by atoms with Crippen LogP contribution in [0.4, 0.5) is 0 Å². The lowest BCUT2D eigenvalue weighted by Gasteiger charge is -2.26. The molecule has 0 saturated carbocycles. The van der Waals surface area contributed by atoms with E-state index in [2.05, 4.69) is 0 Å². The number of benzene rings is 2. The molecule has 4 rings (SSSR count). The van der Waals surface area contributed by atoms with E-state index in [1.807, 2.05) is 24.3 Å². The van der Waals surface area contributed by atoms with Gasteiger partial charge in [-0.15, -0.1) is 0 Å². The predicted octanol–water partition coefficient (Wildman–Crippen LogP) is 2.79. The average molecular weight is 396 g/mol. The number of rotatable bonds is 6. The lowest BCUT2D eigenvalue weighted by atomic mass is 9.89. The van der Waals surface area contributed by atoms with E-state index < -0.39 is 11.8 Å². The molecule has 0 fully saturated rings. The Morgan fingerprint density at radius 2 is 1.83 bits per heavy atom. The normalized spacial score (nSPS) is 20.7. The molecule has 29 heavy (non-hydrogen) atoms. The van der Waals surface area contributed by atoms with E-state index in [0.717, 1.165) is 5.56 Å². The number of ether oxygens (including phenoxy) is 5. The van der Waals surface area contributed by atoms with Crippen LogP contribution in [0, 0.1) is 0 Å². The van der Waals surface area contributed by atoms with Crippen LogP contribution in [0.15, 0.2) is 71.7 Å². The van der Waals surface area contributed by atoms with Crippen LogP contribution in [0.25, 0.3) is 0 Å². The van der Waals surface area contributed by atoms with E-state index in [0.29, 0.717) is 22.6 Å². The molecule has 150 valence electrons. The number of carbonyl (C=O) groups excluding carboxylic acids is 1. The van der Waals surface area contributed by atoms with Gasteiger partial charge in [0.2, 0.25) is 6.79 Å². The number of esters is 1. The molecular weight excluding hydrogens is 376 g/mol. The molecule has 2 aliphatic rings. The molecule has 0 spiro atoms. The molecule has 0 bridgehead atoms. The first-order valence-corrected chi connectivity index (χ1v) is 8.97. The standard InChI is InChI=1S/C22H20O7/c1-25-16-9-7-15(8-10-16)22(24)17(11-14-5-3-4-6-18(14)26-2)20(21(23)29-22)19-12-27-13-28-19/h3-10,12,24H,11,13H2,1-2H3. The lowest BCUT2D eigenvalue weighted by Crippen LogP contribution is -2.29. The molecule has 2 heterocycles. The Balaban J connectivity index is 1.85. The fourth-order valence-electron chi connectivity index (χ4n) is 3.46. The maximum atomic E-state index is 12.8. The number of hydrogen-bond donors (Lipinski definition) is 1. The molecule has 2 aromatic carbocycles. The Bertz CT molecular complexity index is 990. The Hall–Kier alpha value is -3.45. The van der Waals surface area contributed by atoms with E-state index >= 15 is 0 Å². The lowest BCUT2D eigenvalue weighted by molar-refractivity contribution is -0.186. The quantitative estimate of drug-likeness (QED) is 0.752. The summed E-state index contributed by atoms with van der Waals surface area (Å²) in [6, 6.07) is 14.1. The Morgan fingerprint density at radius 1 is 1.07 bits per heavy atom. The summed E-state index contributed by atoms with van der Waals surface area (Å²) in [7, 11) is 3.12. The summed E-state index contributed by atoms with van der Waals surface area (Å²) in [6.45, 7) is -0.00494. The van der Waals surface area contributed by atoms with Gasteiger partial charge >= 0.3 is 5.97 Å². The van der Waals surface area contributed by atoms with Gasteiger partial charge in [0.25, 0.3) is 5.79 Å². The van der Waals surface area contributed by atoms with E-state index in [-0.39, 0.29) is 24.5 Å². The zero-order valence-corrected chi connectivity index (χ0v) is 16.0. The highest BCUT2D eigenvalue weighted by Crippen LogP contribution is 2.45. The zero-order valence-electron chi connectivity index (χ0n) is 16.0. The minimum Gasteiger partial charge on any atom is -0.497 e. The van der Waals surface area contributed by atoms with Crippen molar-refractivity contribution in [2.75, 3.05) is 21.0 Å². The van der Waals surface area contributed by atoms with Crippen molar-refractivity contribution >= 4 is 5.97 Å². The van der Waals surface area contributed by atoms with Crippen LogP contribution in [0.3, 0.4) is 0 Å². The first-order chi connectivity index (χ1) is 14.1. The van der Waals surface area contributed by atoms with Crippen molar-refractivity contribution < 1.29 is 33.6 Å². The van der Waals surface area contributed by atoms with Gasteiger partial charge in [0.05, 0.1) is 14.2 Å². The topological polar surface area (TPSA) is 83.5 Å². The number of hydrogen-bond acceptors (Lipinski definition) is 7. The first kappa shape index (κ1) is 18.9. The third kappa shape index (κ3) is 3.30. The van der Waals surface area contributed by atoms with Crippen LogP contribution in [-0.4, -0.2) is 32.1 Å². The van der Waals surface area contributed by atoms with Gasteiger partial charge in [0, 0.05) is 17.6 Å². The number of para-hydroxylation sites is 1. The van der Waals surface area contributed by atoms with Gasteiger partial charge in [-0.05, 0) is 35.9 Å². The Kier molecular flexibility index (Phi) is 4.90. The number of aliphatic hydroxyl groups is 1. The highest BCUT2D eigenvalue weighted by atomic mass is 16.7. The van der Waals surface area contributed by atoms with Crippen LogP contribution in [0.5, 0.6) is 11.5 Å². The fraction of sp³-hybridized carbons (Fsp3) is 0.227. The average Bonchev–Trinajstić information content (AvgIpc) is 3.35. The number of methoxy groups -OCH3 is 2. The first-order valence-electron chi connectivity index (χ1n) is 8.97. The van der Waals surface area contributed by atoms with E-state index in [1.165, 1.54) is 6.26 Å². The smallest absolute Gasteiger partial charge is 0.345 e. The zero-order chi connectivity index (χ0) is 20.4. The van der Waals surface area contributed by atoms with Gasteiger partial charge in [0.15, 0.2) is 5.76 Å². The van der Waals surface area contributed by atoms with Crippen LogP contribution >= 0.6 is 0 Å². The van der Waals surface area contributed by atoms with E-state index in [1.54, 1.807) is 38.5 Å². The van der Waals surface area contributed by atoms with Crippen molar-refractivity contribution in [3.05, 3.63) is 82.8 Å². The van der Waals surface area contributed by atoms with E-state index in [4.69, 9.17) is 23.7 Å². The summed E-state index contributed by atoms with van der Waals surface area (Å²) in [5.74, 6) is -1.18. The molecule has 2 aromatic rings. The van der Waals surface area contributed by atoms with Crippen LogP contribution in [0.2, 0.25) is 0 Å². The predicted molar refractivity (Wildman–Crippen MR) is 102 cm³/mol. The summed E-state index contributed by atoms with van der Waals surface area (Å²) in [5, 5.41) is 11.5. The Labute approximate surface area is 167 Å². The number of cyclic esters (lactones) is 1. The van der Waals surface area contributed by atoms with Crippen molar-refractivity contribution in [3.8, 4) is 11.5 Å². The molecule has 1 atom stereocenters. The van der Waals surface area contributed by atoms with Crippen molar-refractivity contribution in [3.63, 3.8) is 0 Å². The second-order valence-electron chi connectivity index (χ2n) is 6.52. The molecule has 0 aliphatic carbocycles. The molecule has 7 heteroatoms. The van der Waals surface area contributed by atoms with Gasteiger partial charge in [-0.1, -0.05) is 18.2 Å². The monoisotopic (exact) mass is 396 g/mol. The van der Waals surface area contributed by atoms with Gasteiger partial charge in [0.1, 0.15) is 23.3 Å². The molecule has 1 N–H and O–H groups in total. The summed E-state index contributed by atoms with van der Waals surface area (Å²) in [4.78, 5) is 12.8. The molecule has 0 amide bonds. The molecule has 7 nitrogen and oxygen atoms in total. The summed E-state index contributed by atoms with van der Waals surface area (Å²) >= 11 is 0. The molecular formula is C22H20O7. The van der Waals surface area contributed by atoms with Gasteiger partial charge in [-0.25, -0.2) is 4.79 Å². The van der Waals surface area contributed by atoms with Gasteiger partial charge < -0.3 is 28.8 Å². The third-order valence-corrected chi connectivity index (χ3v) is 4.92. The maximum Gasteiger partial charge on any atom is 0.345 e. The van der Waals surface area contributed by atoms with Gasteiger partial charge in [-0.2, -0.15) is 0 Å². The molecule has 1 unspecified atom stereocenters. The summed E-state index contributed by atoms with van der Waals surface area (Å²) in [5.41, 5.74) is 1.67. The summed E-state index contributed by atoms with van der Waals surface area (Å²) < 4.78 is 26.6. The fourth-order valence-corrected chi connectivity index (χ4v) is 3.46. The second kappa shape index (κ2) is 7.52. The van der Waals surface area contributed by atoms with Crippen molar-refractivity contribution in [2.45, 2.75) is 12.2 Å². The number of carbonyl (C=O) groups is 1. The highest BCUT2D eigenvalue weighted by molar-refractivity contribution is 5.97. The maximum absolute atomic E-state index is 12.8. The minimum absolute atomic E-state index is 0.00494. The highest BCUT2D eigenvalue weighted by Gasteiger charge is 2.49. The van der Waals surface area contributed by atoms with Crippen LogP contribution in [0.1, 0.15) is 11.1 Å². The van der Waals surface area contributed by atoms with Gasteiger partial charge in [-0.3, -0.25) is 0 Å². The van der Waals surface area contributed by atoms with Crippen LogP contribution < -0.4 is 9.47 Å². The molecule has 2 aliphatic heterocycles. The molecule has 0 aromatic heterocycles. The van der Waals surface area contributed by atoms with E-state index in [9.17, 15) is 9.90 Å². The third-order valence-electron chi connectivity index (χ3n) is 4.92.